The van der Waals surface area contributed by atoms with Crippen LogP contribution in [0.1, 0.15) is 0 Å². The fraction of sp³-hybridized carbons (Fsp3) is 0. The van der Waals surface area contributed by atoms with Crippen molar-refractivity contribution >= 4 is 32.3 Å². The van der Waals surface area contributed by atoms with Gasteiger partial charge in [0.25, 0.3) is 0 Å². The Labute approximate surface area is 278 Å². The average molecular weight is 613 g/mol. The normalized spacial score (nSPS) is 11.3. The summed E-state index contributed by atoms with van der Waals surface area (Å²) in [5.74, 6) is 1.91. The summed E-state index contributed by atoms with van der Waals surface area (Å²) in [5.41, 5.74) is 7.29. The summed E-state index contributed by atoms with van der Waals surface area (Å²) >= 11 is 0. The number of benzene rings is 7. The third-order valence-corrected chi connectivity index (χ3v) is 9.02. The Morgan fingerprint density at radius 2 is 0.667 bits per heavy atom. The zero-order chi connectivity index (χ0) is 31.9. The van der Waals surface area contributed by atoms with Gasteiger partial charge in [0, 0.05) is 29.1 Å². The SMILES string of the molecule is c1ccc(-c2nc(-c3ccc(-c4ccc5c6ccccc6c6ccccc6c5c4)cc3)nc(-c3cccc(-c4ccncc4)c3)n2)cc1. The fourth-order valence-electron chi connectivity index (χ4n) is 6.63. The van der Waals surface area contributed by atoms with E-state index in [0.717, 1.165) is 33.4 Å². The molecular formula is C44H28N4. The molecule has 224 valence electrons. The Kier molecular flexibility index (Phi) is 6.76. The van der Waals surface area contributed by atoms with Crippen molar-refractivity contribution in [1.82, 2.24) is 19.9 Å². The number of rotatable bonds is 5. The van der Waals surface area contributed by atoms with Gasteiger partial charge in [-0.25, -0.2) is 15.0 Å². The first-order valence-electron chi connectivity index (χ1n) is 16.0. The second kappa shape index (κ2) is 11.7. The van der Waals surface area contributed by atoms with Crippen LogP contribution in [0.25, 0.3) is 88.7 Å². The van der Waals surface area contributed by atoms with Crippen LogP contribution in [0.5, 0.6) is 0 Å². The monoisotopic (exact) mass is 612 g/mol. The Morgan fingerprint density at radius 3 is 1.31 bits per heavy atom. The highest BCUT2D eigenvalue weighted by atomic mass is 15.0. The van der Waals surface area contributed by atoms with Gasteiger partial charge in [0.15, 0.2) is 17.5 Å². The molecule has 0 bridgehead atoms. The van der Waals surface area contributed by atoms with E-state index in [1.807, 2.05) is 67.0 Å². The summed E-state index contributed by atoms with van der Waals surface area (Å²) in [4.78, 5) is 19.1. The molecule has 0 radical (unpaired) electrons. The van der Waals surface area contributed by atoms with E-state index in [-0.39, 0.29) is 0 Å². The van der Waals surface area contributed by atoms with Crippen LogP contribution in [0, 0.1) is 0 Å². The Balaban J connectivity index is 1.14. The van der Waals surface area contributed by atoms with Gasteiger partial charge < -0.3 is 0 Å². The molecule has 0 aliphatic carbocycles. The van der Waals surface area contributed by atoms with Gasteiger partial charge in [-0.15, -0.1) is 0 Å². The molecular weight excluding hydrogens is 585 g/mol. The maximum atomic E-state index is 5.01. The smallest absolute Gasteiger partial charge is 0.164 e. The van der Waals surface area contributed by atoms with Crippen LogP contribution in [0.3, 0.4) is 0 Å². The van der Waals surface area contributed by atoms with Crippen LogP contribution >= 0.6 is 0 Å². The number of aromatic nitrogens is 4. The van der Waals surface area contributed by atoms with Crippen molar-refractivity contribution in [3.63, 3.8) is 0 Å². The van der Waals surface area contributed by atoms with E-state index < -0.39 is 0 Å². The minimum Gasteiger partial charge on any atom is -0.265 e. The van der Waals surface area contributed by atoms with Gasteiger partial charge >= 0.3 is 0 Å². The van der Waals surface area contributed by atoms with E-state index in [9.17, 15) is 0 Å². The summed E-state index contributed by atoms with van der Waals surface area (Å²) in [6.07, 6.45) is 3.62. The number of nitrogens with zero attached hydrogens (tertiary/aromatic N) is 4. The summed E-state index contributed by atoms with van der Waals surface area (Å²) in [5, 5.41) is 7.63. The summed E-state index contributed by atoms with van der Waals surface area (Å²) in [7, 11) is 0. The van der Waals surface area contributed by atoms with Gasteiger partial charge in [-0.1, -0.05) is 133 Å². The molecule has 9 rings (SSSR count). The third-order valence-electron chi connectivity index (χ3n) is 9.02. The minimum atomic E-state index is 0.632. The van der Waals surface area contributed by atoms with Crippen molar-refractivity contribution in [3.05, 3.63) is 170 Å². The lowest BCUT2D eigenvalue weighted by Crippen LogP contribution is -2.00. The standard InChI is InChI=1S/C44H28N4/c1-2-9-31(10-3-1)42-46-43(48-44(47-42)35-12-8-11-33(27-35)30-23-25-45-26-24-30)32-19-17-29(18-20-32)34-21-22-40-38-15-5-4-13-36(38)37-14-6-7-16-39(37)41(40)28-34/h1-28H. The predicted molar refractivity (Wildman–Crippen MR) is 197 cm³/mol. The molecule has 2 heterocycles. The van der Waals surface area contributed by atoms with E-state index >= 15 is 0 Å². The summed E-state index contributed by atoms with van der Waals surface area (Å²) in [6.45, 7) is 0. The van der Waals surface area contributed by atoms with Crippen LogP contribution in [-0.2, 0) is 0 Å². The molecule has 48 heavy (non-hydrogen) atoms. The zero-order valence-electron chi connectivity index (χ0n) is 26.0. The molecule has 0 saturated carbocycles. The molecule has 0 saturated heterocycles. The van der Waals surface area contributed by atoms with E-state index in [0.29, 0.717) is 17.5 Å². The topological polar surface area (TPSA) is 51.6 Å². The first-order valence-corrected chi connectivity index (χ1v) is 16.0. The van der Waals surface area contributed by atoms with Gasteiger partial charge in [0.05, 0.1) is 0 Å². The van der Waals surface area contributed by atoms with Crippen molar-refractivity contribution in [2.24, 2.45) is 0 Å². The Morgan fingerprint density at radius 1 is 0.250 bits per heavy atom. The van der Waals surface area contributed by atoms with Crippen LogP contribution in [-0.4, -0.2) is 19.9 Å². The molecule has 0 N–H and O–H groups in total. The lowest BCUT2D eigenvalue weighted by molar-refractivity contribution is 1.07. The first-order chi connectivity index (χ1) is 23.8. The number of pyridine rings is 1. The van der Waals surface area contributed by atoms with E-state index in [1.54, 1.807) is 0 Å². The Bertz CT molecular complexity index is 2560. The van der Waals surface area contributed by atoms with E-state index in [2.05, 4.69) is 108 Å². The highest BCUT2D eigenvalue weighted by molar-refractivity contribution is 6.25. The molecule has 0 unspecified atom stereocenters. The van der Waals surface area contributed by atoms with Gasteiger partial charge in [-0.05, 0) is 78.8 Å². The molecule has 4 heteroatoms. The van der Waals surface area contributed by atoms with Crippen LogP contribution in [0.2, 0.25) is 0 Å². The van der Waals surface area contributed by atoms with E-state index in [1.165, 1.54) is 37.9 Å². The van der Waals surface area contributed by atoms with E-state index in [4.69, 9.17) is 15.0 Å². The minimum absolute atomic E-state index is 0.632. The second-order valence-electron chi connectivity index (χ2n) is 11.9. The first kappa shape index (κ1) is 27.8. The quantitative estimate of drug-likeness (QED) is 0.181. The Hall–Kier alpha value is -6.52. The molecule has 0 amide bonds. The highest BCUT2D eigenvalue weighted by Gasteiger charge is 2.14. The predicted octanol–water partition coefficient (Wildman–Crippen LogP) is 11.1. The lowest BCUT2D eigenvalue weighted by Gasteiger charge is -2.12. The molecule has 0 fully saturated rings. The lowest BCUT2D eigenvalue weighted by atomic mass is 9.92. The van der Waals surface area contributed by atoms with Crippen molar-refractivity contribution < 1.29 is 0 Å². The van der Waals surface area contributed by atoms with Crippen LogP contribution in [0.4, 0.5) is 0 Å². The summed E-state index contributed by atoms with van der Waals surface area (Å²) in [6, 6.07) is 55.1. The van der Waals surface area contributed by atoms with Gasteiger partial charge in [-0.3, -0.25) is 4.98 Å². The molecule has 4 nitrogen and oxygen atoms in total. The summed E-state index contributed by atoms with van der Waals surface area (Å²) < 4.78 is 0. The highest BCUT2D eigenvalue weighted by Crippen LogP contribution is 2.37. The molecule has 9 aromatic rings. The molecule has 2 aromatic heterocycles. The zero-order valence-corrected chi connectivity index (χ0v) is 26.0. The number of hydrogen-bond donors (Lipinski definition) is 0. The molecule has 0 spiro atoms. The third kappa shape index (κ3) is 4.97. The van der Waals surface area contributed by atoms with Crippen LogP contribution in [0.15, 0.2) is 170 Å². The largest absolute Gasteiger partial charge is 0.265 e. The van der Waals surface area contributed by atoms with Crippen molar-refractivity contribution in [2.75, 3.05) is 0 Å². The molecule has 7 aromatic carbocycles. The fourth-order valence-corrected chi connectivity index (χ4v) is 6.63. The van der Waals surface area contributed by atoms with Gasteiger partial charge in [0.2, 0.25) is 0 Å². The van der Waals surface area contributed by atoms with Crippen molar-refractivity contribution in [3.8, 4) is 56.4 Å². The van der Waals surface area contributed by atoms with Crippen molar-refractivity contribution in [1.29, 1.82) is 0 Å². The maximum absolute atomic E-state index is 5.01. The number of hydrogen-bond acceptors (Lipinski definition) is 4. The average Bonchev–Trinajstić information content (AvgIpc) is 3.18. The molecule has 0 aliphatic heterocycles. The molecule has 0 atom stereocenters. The van der Waals surface area contributed by atoms with Gasteiger partial charge in [-0.2, -0.15) is 0 Å². The number of fused-ring (bicyclic) bond motifs is 6. The van der Waals surface area contributed by atoms with Crippen LogP contribution < -0.4 is 0 Å². The maximum Gasteiger partial charge on any atom is 0.164 e. The van der Waals surface area contributed by atoms with Gasteiger partial charge in [0.1, 0.15) is 0 Å². The van der Waals surface area contributed by atoms with Crippen molar-refractivity contribution in [2.45, 2.75) is 0 Å². The molecule has 0 aliphatic rings. The second-order valence-corrected chi connectivity index (χ2v) is 11.9.